The molecule has 0 radical (unpaired) electrons. The van der Waals surface area contributed by atoms with Gasteiger partial charge in [-0.15, -0.1) is 11.3 Å². The minimum absolute atomic E-state index is 0.193. The zero-order valence-electron chi connectivity index (χ0n) is 14.3. The van der Waals surface area contributed by atoms with Gasteiger partial charge < -0.3 is 10.2 Å². The van der Waals surface area contributed by atoms with Crippen LogP contribution in [0.4, 0.5) is 4.79 Å². The molecule has 0 spiro atoms. The molecule has 0 unspecified atom stereocenters. The summed E-state index contributed by atoms with van der Waals surface area (Å²) in [5.41, 5.74) is 1.01. The number of thiophene rings is 1. The summed E-state index contributed by atoms with van der Waals surface area (Å²) in [7, 11) is -3.52. The van der Waals surface area contributed by atoms with Gasteiger partial charge in [-0.25, -0.2) is 13.2 Å². The zero-order chi connectivity index (χ0) is 18.7. The summed E-state index contributed by atoms with van der Waals surface area (Å²) in [4.78, 5) is 15.2. The summed E-state index contributed by atoms with van der Waals surface area (Å²) in [5, 5.41) is 2.84. The predicted molar refractivity (Wildman–Crippen MR) is 103 cm³/mol. The quantitative estimate of drug-likeness (QED) is 0.837. The summed E-state index contributed by atoms with van der Waals surface area (Å²) in [6.07, 6.45) is 0. The first-order chi connectivity index (χ1) is 12.4. The summed E-state index contributed by atoms with van der Waals surface area (Å²) < 4.78 is 27.5. The van der Waals surface area contributed by atoms with E-state index in [9.17, 15) is 13.2 Å². The lowest BCUT2D eigenvalue weighted by Gasteiger charge is -2.34. The monoisotopic (exact) mass is 413 g/mol. The molecule has 0 atom stereocenters. The van der Waals surface area contributed by atoms with Gasteiger partial charge in [0, 0.05) is 31.1 Å². The van der Waals surface area contributed by atoms with Gasteiger partial charge in [-0.1, -0.05) is 29.3 Å². The van der Waals surface area contributed by atoms with E-state index >= 15 is 0 Å². The maximum atomic E-state index is 12.7. The molecule has 0 bridgehead atoms. The zero-order valence-corrected chi connectivity index (χ0v) is 16.7. The van der Waals surface area contributed by atoms with Crippen LogP contribution < -0.4 is 5.32 Å². The average molecular weight is 414 g/mol. The third kappa shape index (κ3) is 4.37. The van der Waals surface area contributed by atoms with E-state index in [0.717, 1.165) is 10.4 Å². The van der Waals surface area contributed by atoms with E-state index in [-0.39, 0.29) is 24.0 Å². The highest BCUT2D eigenvalue weighted by Crippen LogP contribution is 2.21. The fraction of sp³-hybridized carbons (Fsp3) is 0.353. The number of nitrogens with one attached hydrogen (secondary N) is 1. The third-order valence-electron chi connectivity index (χ3n) is 4.23. The second-order valence-corrected chi connectivity index (χ2v) is 9.81. The van der Waals surface area contributed by atoms with Crippen molar-refractivity contribution >= 4 is 39.0 Å². The number of carbonyl (C=O) groups excluding carboxylic acids is 1. The first-order valence-electron chi connectivity index (χ1n) is 8.20. The van der Waals surface area contributed by atoms with Gasteiger partial charge in [-0.2, -0.15) is 4.31 Å². The van der Waals surface area contributed by atoms with Crippen LogP contribution in [-0.2, 0) is 16.6 Å². The lowest BCUT2D eigenvalue weighted by molar-refractivity contribution is 0.172. The Bertz CT molecular complexity index is 873. The Morgan fingerprint density at radius 2 is 1.77 bits per heavy atom. The highest BCUT2D eigenvalue weighted by Gasteiger charge is 2.30. The van der Waals surface area contributed by atoms with Crippen molar-refractivity contribution < 1.29 is 13.2 Å². The molecule has 6 nitrogen and oxygen atoms in total. The lowest BCUT2D eigenvalue weighted by Crippen LogP contribution is -2.52. The van der Waals surface area contributed by atoms with Gasteiger partial charge in [-0.05, 0) is 31.2 Å². The Morgan fingerprint density at radius 1 is 1.12 bits per heavy atom. The smallest absolute Gasteiger partial charge is 0.317 e. The second kappa shape index (κ2) is 7.96. The molecular weight excluding hydrogens is 394 g/mol. The molecule has 26 heavy (non-hydrogen) atoms. The van der Waals surface area contributed by atoms with Gasteiger partial charge in [-0.3, -0.25) is 0 Å². The number of carbonyl (C=O) groups is 1. The highest BCUT2D eigenvalue weighted by atomic mass is 35.5. The number of benzene rings is 1. The van der Waals surface area contributed by atoms with Crippen molar-refractivity contribution in [3.63, 3.8) is 0 Å². The van der Waals surface area contributed by atoms with Crippen molar-refractivity contribution in [2.75, 3.05) is 26.2 Å². The van der Waals surface area contributed by atoms with Crippen molar-refractivity contribution in [2.45, 2.75) is 18.4 Å². The molecule has 3 rings (SSSR count). The van der Waals surface area contributed by atoms with Crippen LogP contribution in [0.2, 0.25) is 4.34 Å². The van der Waals surface area contributed by atoms with Crippen LogP contribution in [0.5, 0.6) is 0 Å². The molecule has 1 aromatic heterocycles. The number of rotatable bonds is 4. The molecule has 1 aliphatic heterocycles. The molecular formula is C17H20ClN3O3S2. The van der Waals surface area contributed by atoms with Crippen molar-refractivity contribution in [3.8, 4) is 0 Å². The van der Waals surface area contributed by atoms with Crippen LogP contribution >= 0.6 is 22.9 Å². The molecule has 9 heteroatoms. The second-order valence-electron chi connectivity index (χ2n) is 6.07. The van der Waals surface area contributed by atoms with Gasteiger partial charge >= 0.3 is 6.03 Å². The van der Waals surface area contributed by atoms with Gasteiger partial charge in [0.15, 0.2) is 0 Å². The third-order valence-corrected chi connectivity index (χ3v) is 7.37. The summed E-state index contributed by atoms with van der Waals surface area (Å²) in [5.74, 6) is 0. The number of hydrogen-bond donors (Lipinski definition) is 1. The van der Waals surface area contributed by atoms with Crippen molar-refractivity contribution in [1.82, 2.24) is 14.5 Å². The minimum atomic E-state index is -3.52. The van der Waals surface area contributed by atoms with Gasteiger partial charge in [0.25, 0.3) is 0 Å². The van der Waals surface area contributed by atoms with Crippen LogP contribution in [0.1, 0.15) is 10.4 Å². The number of urea groups is 1. The summed E-state index contributed by atoms with van der Waals surface area (Å²) >= 11 is 7.30. The van der Waals surface area contributed by atoms with Crippen LogP contribution in [-0.4, -0.2) is 49.8 Å². The molecule has 2 amide bonds. The van der Waals surface area contributed by atoms with Gasteiger partial charge in [0.05, 0.1) is 15.8 Å². The first-order valence-corrected chi connectivity index (χ1v) is 10.8. The molecule has 2 aromatic rings. The van der Waals surface area contributed by atoms with Crippen LogP contribution in [0.15, 0.2) is 41.3 Å². The normalized spacial score (nSPS) is 15.8. The van der Waals surface area contributed by atoms with E-state index in [1.54, 1.807) is 35.2 Å². The Hall–Kier alpha value is -1.61. The standard InChI is InChI=1S/C17H20ClN3O3S2/c1-13-2-5-15(6-3-13)26(23,24)21-10-8-20(9-11-21)17(22)19-12-14-4-7-16(18)25-14/h2-7H,8-12H2,1H3,(H,19,22). The molecule has 1 N–H and O–H groups in total. The fourth-order valence-corrected chi connectivity index (χ4v) is 5.16. The molecule has 1 fully saturated rings. The number of halogens is 1. The van der Waals surface area contributed by atoms with E-state index in [2.05, 4.69) is 5.32 Å². The number of nitrogens with zero attached hydrogens (tertiary/aromatic N) is 2. The topological polar surface area (TPSA) is 69.7 Å². The highest BCUT2D eigenvalue weighted by molar-refractivity contribution is 7.89. The average Bonchev–Trinajstić information content (AvgIpc) is 3.05. The Kier molecular flexibility index (Phi) is 5.86. The maximum absolute atomic E-state index is 12.7. The number of sulfonamides is 1. The Labute approximate surface area is 162 Å². The number of hydrogen-bond acceptors (Lipinski definition) is 4. The molecule has 2 heterocycles. The van der Waals surface area contributed by atoms with Crippen LogP contribution in [0.3, 0.4) is 0 Å². The van der Waals surface area contributed by atoms with Crippen molar-refractivity contribution in [1.29, 1.82) is 0 Å². The first kappa shape index (κ1) is 19.2. The SMILES string of the molecule is Cc1ccc(S(=O)(=O)N2CCN(C(=O)NCc3ccc(Cl)s3)CC2)cc1. The van der Waals surface area contributed by atoms with Crippen LogP contribution in [0, 0.1) is 6.92 Å². The van der Waals surface area contributed by atoms with E-state index in [1.165, 1.54) is 15.6 Å². The molecule has 1 aromatic carbocycles. The van der Waals surface area contributed by atoms with E-state index in [1.807, 2.05) is 13.0 Å². The number of amides is 2. The maximum Gasteiger partial charge on any atom is 0.317 e. The largest absolute Gasteiger partial charge is 0.333 e. The van der Waals surface area contributed by atoms with Crippen molar-refractivity contribution in [2.24, 2.45) is 0 Å². The van der Waals surface area contributed by atoms with Crippen molar-refractivity contribution in [3.05, 3.63) is 51.2 Å². The minimum Gasteiger partial charge on any atom is -0.333 e. The number of aryl methyl sites for hydroxylation is 1. The molecule has 140 valence electrons. The fourth-order valence-electron chi connectivity index (χ4n) is 2.71. The number of piperazine rings is 1. The van der Waals surface area contributed by atoms with E-state index in [4.69, 9.17) is 11.6 Å². The Morgan fingerprint density at radius 3 is 2.35 bits per heavy atom. The Balaban J connectivity index is 1.54. The van der Waals surface area contributed by atoms with E-state index < -0.39 is 10.0 Å². The van der Waals surface area contributed by atoms with Crippen LogP contribution in [0.25, 0.3) is 0 Å². The lowest BCUT2D eigenvalue weighted by atomic mass is 10.2. The van der Waals surface area contributed by atoms with Gasteiger partial charge in [0.2, 0.25) is 10.0 Å². The molecule has 0 saturated carbocycles. The summed E-state index contributed by atoms with van der Waals surface area (Å²) in [6.45, 7) is 3.63. The molecule has 1 aliphatic rings. The van der Waals surface area contributed by atoms with Gasteiger partial charge in [0.1, 0.15) is 0 Å². The van der Waals surface area contributed by atoms with E-state index in [0.29, 0.717) is 24.0 Å². The predicted octanol–water partition coefficient (Wildman–Crippen LogP) is 2.93. The molecule has 0 aliphatic carbocycles. The molecule has 1 saturated heterocycles. The summed E-state index contributed by atoms with van der Waals surface area (Å²) in [6, 6.07) is 10.3.